The van der Waals surface area contributed by atoms with Gasteiger partial charge in [0.25, 0.3) is 0 Å². The van der Waals surface area contributed by atoms with E-state index in [1.54, 1.807) is 0 Å². The molecule has 2 aromatic rings. The summed E-state index contributed by atoms with van der Waals surface area (Å²) in [5, 5.41) is 0. The first-order valence-corrected chi connectivity index (χ1v) is 7.99. The van der Waals surface area contributed by atoms with Crippen molar-refractivity contribution in [1.82, 2.24) is 0 Å². The first-order valence-electron chi connectivity index (χ1n) is 7.99. The zero-order valence-corrected chi connectivity index (χ0v) is 13.1. The van der Waals surface area contributed by atoms with Crippen molar-refractivity contribution in [1.29, 1.82) is 0 Å². The molecule has 0 saturated heterocycles. The maximum atomic E-state index is 11.8. The molecule has 1 amide bonds. The van der Waals surface area contributed by atoms with Crippen molar-refractivity contribution >= 4 is 12.1 Å². The molecule has 1 aliphatic heterocycles. The Kier molecular flexibility index (Phi) is 3.42. The van der Waals surface area contributed by atoms with Crippen LogP contribution in [0.15, 0.2) is 89.0 Å². The molecular weight excluding hydrogens is 296 g/mol. The molecule has 0 fully saturated rings. The Labute approximate surface area is 141 Å². The van der Waals surface area contributed by atoms with Crippen LogP contribution in [0.1, 0.15) is 17.5 Å². The van der Waals surface area contributed by atoms with E-state index in [-0.39, 0.29) is 5.41 Å². The number of hydrogen-bond acceptors (Lipinski definition) is 2. The number of carbonyl (C=O) groups is 1. The number of primary amides is 1. The maximum absolute atomic E-state index is 11.8. The van der Waals surface area contributed by atoms with Crippen molar-refractivity contribution in [3.63, 3.8) is 0 Å². The third-order valence-electron chi connectivity index (χ3n) is 4.84. The van der Waals surface area contributed by atoms with Gasteiger partial charge in [-0.1, -0.05) is 72.8 Å². The molecule has 2 aliphatic rings. The van der Waals surface area contributed by atoms with Gasteiger partial charge in [-0.2, -0.15) is 0 Å². The summed E-state index contributed by atoms with van der Waals surface area (Å²) in [5.74, 6) is -0.419. The molecular formula is C21H17N2O. The zero-order valence-electron chi connectivity index (χ0n) is 13.1. The van der Waals surface area contributed by atoms with Gasteiger partial charge in [0.2, 0.25) is 5.91 Å². The van der Waals surface area contributed by atoms with Crippen molar-refractivity contribution in [2.45, 2.75) is 17.9 Å². The Balaban J connectivity index is 1.86. The topological polar surface area (TPSA) is 55.5 Å². The van der Waals surface area contributed by atoms with Crippen LogP contribution in [0.25, 0.3) is 0 Å². The molecule has 0 spiro atoms. The Bertz CT molecular complexity index is 824. The standard InChI is InChI=1S/C21H17N2O/c22-20(24)19-18-13-21(12-11-15(18)14-23-19,16-7-3-1-4-8-16)17-9-5-2-6-10-17/h1-12,19H,13H2,(H2,22,24). The van der Waals surface area contributed by atoms with E-state index < -0.39 is 11.9 Å². The highest BCUT2D eigenvalue weighted by atomic mass is 16.1. The van der Waals surface area contributed by atoms with E-state index >= 15 is 0 Å². The maximum Gasteiger partial charge on any atom is 0.246 e. The third kappa shape index (κ3) is 2.21. The number of aliphatic imine (C=N–C) groups is 1. The van der Waals surface area contributed by atoms with Gasteiger partial charge >= 0.3 is 0 Å². The molecule has 117 valence electrons. The first-order chi connectivity index (χ1) is 11.7. The summed E-state index contributed by atoms with van der Waals surface area (Å²) in [5.41, 5.74) is 9.44. The van der Waals surface area contributed by atoms with Crippen LogP contribution in [0, 0.1) is 0 Å². The van der Waals surface area contributed by atoms with Crippen molar-refractivity contribution < 1.29 is 4.79 Å². The molecule has 0 bridgehead atoms. The van der Waals surface area contributed by atoms with E-state index in [1.165, 1.54) is 11.1 Å². The second kappa shape index (κ2) is 5.60. The van der Waals surface area contributed by atoms with Crippen LogP contribution in [0.3, 0.4) is 0 Å². The monoisotopic (exact) mass is 313 g/mol. The lowest BCUT2D eigenvalue weighted by Crippen LogP contribution is -2.34. The molecule has 1 heterocycles. The number of carbonyl (C=O) groups excluding carboxylic acids is 1. The lowest BCUT2D eigenvalue weighted by Gasteiger charge is -2.36. The highest BCUT2D eigenvalue weighted by Crippen LogP contribution is 2.45. The number of allylic oxidation sites excluding steroid dienone is 3. The summed E-state index contributed by atoms with van der Waals surface area (Å²) in [4.78, 5) is 16.0. The van der Waals surface area contributed by atoms with E-state index in [1.807, 2.05) is 42.5 Å². The number of nitrogens with two attached hydrogens (primary N) is 1. The lowest BCUT2D eigenvalue weighted by atomic mass is 9.67. The molecule has 1 aliphatic carbocycles. The van der Waals surface area contributed by atoms with Crippen LogP contribution >= 0.6 is 0 Å². The van der Waals surface area contributed by atoms with Crippen LogP contribution in [0.4, 0.5) is 0 Å². The first kappa shape index (κ1) is 14.6. The highest BCUT2D eigenvalue weighted by Gasteiger charge is 2.40. The second-order valence-electron chi connectivity index (χ2n) is 6.20. The fraction of sp³-hybridized carbons (Fsp3) is 0.143. The van der Waals surface area contributed by atoms with Crippen LogP contribution in [-0.4, -0.2) is 18.2 Å². The summed E-state index contributed by atoms with van der Waals surface area (Å²) in [7, 11) is 0. The van der Waals surface area contributed by atoms with Crippen LogP contribution in [0.5, 0.6) is 0 Å². The summed E-state index contributed by atoms with van der Waals surface area (Å²) in [6.45, 7) is 0. The van der Waals surface area contributed by atoms with Gasteiger partial charge in [0.1, 0.15) is 0 Å². The van der Waals surface area contributed by atoms with Gasteiger partial charge in [-0.05, 0) is 23.1 Å². The second-order valence-corrected chi connectivity index (χ2v) is 6.20. The van der Waals surface area contributed by atoms with Crippen LogP contribution in [-0.2, 0) is 10.2 Å². The summed E-state index contributed by atoms with van der Waals surface area (Å²) < 4.78 is 0. The van der Waals surface area contributed by atoms with Gasteiger partial charge in [-0.3, -0.25) is 9.79 Å². The molecule has 3 nitrogen and oxygen atoms in total. The lowest BCUT2D eigenvalue weighted by molar-refractivity contribution is -0.118. The fourth-order valence-electron chi connectivity index (χ4n) is 3.62. The van der Waals surface area contributed by atoms with Gasteiger partial charge in [-0.25, -0.2) is 0 Å². The molecule has 1 unspecified atom stereocenters. The van der Waals surface area contributed by atoms with E-state index in [4.69, 9.17) is 5.73 Å². The fourth-order valence-corrected chi connectivity index (χ4v) is 3.62. The van der Waals surface area contributed by atoms with Crippen molar-refractivity contribution in [3.8, 4) is 0 Å². The van der Waals surface area contributed by atoms with Gasteiger partial charge in [0.05, 0.1) is 6.21 Å². The molecule has 1 atom stereocenters. The summed E-state index contributed by atoms with van der Waals surface area (Å²) in [6, 6.07) is 20.1. The minimum Gasteiger partial charge on any atom is -0.368 e. The SMILES string of the molecule is NC(=O)C1N=[C]C2=C1CC(c1ccccc1)(c1ccccc1)C=C2. The molecule has 3 heteroatoms. The van der Waals surface area contributed by atoms with Crippen molar-refractivity contribution in [2.75, 3.05) is 0 Å². The predicted octanol–water partition coefficient (Wildman–Crippen LogP) is 3.04. The van der Waals surface area contributed by atoms with Crippen LogP contribution in [0.2, 0.25) is 0 Å². The number of nitrogens with zero attached hydrogens (tertiary/aromatic N) is 1. The van der Waals surface area contributed by atoms with Crippen molar-refractivity contribution in [2.24, 2.45) is 10.7 Å². The van der Waals surface area contributed by atoms with Crippen molar-refractivity contribution in [3.05, 3.63) is 95.1 Å². The predicted molar refractivity (Wildman–Crippen MR) is 94.9 cm³/mol. The summed E-state index contributed by atoms with van der Waals surface area (Å²) >= 11 is 0. The number of benzene rings is 2. The molecule has 0 aromatic heterocycles. The van der Waals surface area contributed by atoms with E-state index in [9.17, 15) is 4.79 Å². The Morgan fingerprint density at radius 2 is 1.62 bits per heavy atom. The molecule has 1 radical (unpaired) electrons. The van der Waals surface area contributed by atoms with Gasteiger partial charge in [-0.15, -0.1) is 0 Å². The molecule has 2 N–H and O–H groups in total. The van der Waals surface area contributed by atoms with E-state index in [0.717, 1.165) is 11.1 Å². The quantitative estimate of drug-likeness (QED) is 0.930. The minimum atomic E-state index is -0.600. The number of amides is 1. The van der Waals surface area contributed by atoms with E-state index in [0.29, 0.717) is 6.42 Å². The Morgan fingerprint density at radius 3 is 2.17 bits per heavy atom. The number of hydrogen-bond donors (Lipinski definition) is 1. The molecule has 4 rings (SSSR count). The minimum absolute atomic E-state index is 0.323. The summed E-state index contributed by atoms with van der Waals surface area (Å²) in [6.07, 6.45) is 7.84. The molecule has 2 aromatic carbocycles. The molecule has 0 saturated carbocycles. The third-order valence-corrected chi connectivity index (χ3v) is 4.84. The largest absolute Gasteiger partial charge is 0.368 e. The average Bonchev–Trinajstić information content (AvgIpc) is 3.06. The van der Waals surface area contributed by atoms with Gasteiger partial charge < -0.3 is 5.73 Å². The van der Waals surface area contributed by atoms with Gasteiger partial charge in [0, 0.05) is 11.0 Å². The van der Waals surface area contributed by atoms with Gasteiger partial charge in [0.15, 0.2) is 6.04 Å². The van der Waals surface area contributed by atoms with E-state index in [2.05, 4.69) is 41.5 Å². The Hall–Kier alpha value is -2.94. The normalized spacial score (nSPS) is 20.9. The zero-order chi connectivity index (χ0) is 16.6. The molecule has 24 heavy (non-hydrogen) atoms. The van der Waals surface area contributed by atoms with Crippen LogP contribution < -0.4 is 5.73 Å². The number of rotatable bonds is 3. The average molecular weight is 313 g/mol. The highest BCUT2D eigenvalue weighted by molar-refractivity contribution is 5.96. The smallest absolute Gasteiger partial charge is 0.246 e. The Morgan fingerprint density at radius 1 is 1.04 bits per heavy atom.